The molecular formula is C23H26IN3O. The maximum Gasteiger partial charge on any atom is 0.0667 e. The van der Waals surface area contributed by atoms with Gasteiger partial charge in [-0.05, 0) is 95.4 Å². The topological polar surface area (TPSA) is 47.9 Å². The van der Waals surface area contributed by atoms with Crippen LogP contribution in [0.25, 0.3) is 5.57 Å². The second-order valence-electron chi connectivity index (χ2n) is 7.63. The number of hydrogen-bond donors (Lipinski definition) is 2. The first-order valence-corrected chi connectivity index (χ1v) is 10.9. The van der Waals surface area contributed by atoms with Gasteiger partial charge in [-0.25, -0.2) is 0 Å². The van der Waals surface area contributed by atoms with Gasteiger partial charge in [-0.15, -0.1) is 0 Å². The summed E-state index contributed by atoms with van der Waals surface area (Å²) in [7, 11) is 0. The average Bonchev–Trinajstić information content (AvgIpc) is 3.16. The van der Waals surface area contributed by atoms with E-state index >= 15 is 0 Å². The van der Waals surface area contributed by atoms with Crippen LogP contribution in [0.3, 0.4) is 0 Å². The number of nitrogens with zero attached hydrogens (tertiary/aromatic N) is 2. The van der Waals surface area contributed by atoms with Gasteiger partial charge in [0.2, 0.25) is 0 Å². The van der Waals surface area contributed by atoms with Gasteiger partial charge in [0.25, 0.3) is 0 Å². The molecule has 4 nitrogen and oxygen atoms in total. The quantitative estimate of drug-likeness (QED) is 0.610. The van der Waals surface area contributed by atoms with E-state index in [1.807, 2.05) is 13.1 Å². The number of halogens is 1. The van der Waals surface area contributed by atoms with Crippen molar-refractivity contribution < 1.29 is 5.11 Å². The molecule has 2 aromatic rings. The lowest BCUT2D eigenvalue weighted by atomic mass is 9.99. The van der Waals surface area contributed by atoms with Gasteiger partial charge in [0.15, 0.2) is 0 Å². The van der Waals surface area contributed by atoms with Gasteiger partial charge in [-0.1, -0.05) is 18.2 Å². The monoisotopic (exact) mass is 487 g/mol. The van der Waals surface area contributed by atoms with Gasteiger partial charge in [0, 0.05) is 34.3 Å². The highest BCUT2D eigenvalue weighted by molar-refractivity contribution is 14.1. The largest absolute Gasteiger partial charge is 0.392 e. The third kappa shape index (κ3) is 4.47. The highest BCUT2D eigenvalue weighted by atomic mass is 127. The lowest BCUT2D eigenvalue weighted by Gasteiger charge is -2.26. The first kappa shape index (κ1) is 19.6. The van der Waals surface area contributed by atoms with Crippen molar-refractivity contribution in [2.24, 2.45) is 4.99 Å². The molecule has 2 aliphatic rings. The number of aliphatic imine (C=N–C) groups is 1. The standard InChI is InChI=1S/C23H26IN3O/c1-16(28)23-3-2-10-27(23)15-17-4-8-21(9-5-17)26-14-19-13-25-12-18-6-7-20(24)11-22(18)19/h4-9,11-12,14,16,23,26,28H,2-3,10,13,15H2,1H3. The fourth-order valence-corrected chi connectivity index (χ4v) is 4.57. The van der Waals surface area contributed by atoms with Crippen LogP contribution >= 0.6 is 22.6 Å². The molecule has 4 rings (SSSR count). The van der Waals surface area contributed by atoms with Gasteiger partial charge in [-0.3, -0.25) is 9.89 Å². The van der Waals surface area contributed by atoms with E-state index < -0.39 is 0 Å². The van der Waals surface area contributed by atoms with Crippen LogP contribution < -0.4 is 5.32 Å². The third-order valence-electron chi connectivity index (χ3n) is 5.58. The van der Waals surface area contributed by atoms with E-state index in [2.05, 4.69) is 86.5 Å². The van der Waals surface area contributed by atoms with Crippen LogP contribution in [0.2, 0.25) is 0 Å². The van der Waals surface area contributed by atoms with Gasteiger partial charge in [-0.2, -0.15) is 0 Å². The van der Waals surface area contributed by atoms with E-state index in [9.17, 15) is 5.11 Å². The Hall–Kier alpha value is -1.70. The molecule has 0 amide bonds. The fourth-order valence-electron chi connectivity index (χ4n) is 4.08. The van der Waals surface area contributed by atoms with E-state index in [0.29, 0.717) is 6.54 Å². The number of anilines is 1. The fraction of sp³-hybridized carbons (Fsp3) is 0.348. The second kappa shape index (κ2) is 8.76. The lowest BCUT2D eigenvalue weighted by molar-refractivity contribution is 0.0828. The molecule has 0 bridgehead atoms. The van der Waals surface area contributed by atoms with Gasteiger partial charge in [0.05, 0.1) is 12.6 Å². The van der Waals surface area contributed by atoms with Crippen molar-refractivity contribution in [2.75, 3.05) is 18.4 Å². The van der Waals surface area contributed by atoms with E-state index in [4.69, 9.17) is 0 Å². The van der Waals surface area contributed by atoms with Crippen LogP contribution in [0, 0.1) is 3.57 Å². The zero-order chi connectivity index (χ0) is 19.5. The zero-order valence-electron chi connectivity index (χ0n) is 16.1. The molecule has 146 valence electrons. The van der Waals surface area contributed by atoms with Crippen molar-refractivity contribution in [2.45, 2.75) is 38.5 Å². The van der Waals surface area contributed by atoms with E-state index in [-0.39, 0.29) is 12.1 Å². The number of benzene rings is 2. The molecule has 2 aromatic carbocycles. The first-order valence-electron chi connectivity index (χ1n) is 9.86. The van der Waals surface area contributed by atoms with Crippen LogP contribution in [0.5, 0.6) is 0 Å². The number of aliphatic hydroxyl groups excluding tert-OH is 1. The Balaban J connectivity index is 1.42. The van der Waals surface area contributed by atoms with E-state index in [1.54, 1.807) is 0 Å². The molecule has 1 saturated heterocycles. The van der Waals surface area contributed by atoms with Gasteiger partial charge >= 0.3 is 0 Å². The van der Waals surface area contributed by atoms with Crippen LogP contribution in [0.1, 0.15) is 36.5 Å². The van der Waals surface area contributed by atoms with Crippen molar-refractivity contribution in [3.05, 3.63) is 68.9 Å². The highest BCUT2D eigenvalue weighted by Crippen LogP contribution is 2.26. The average molecular weight is 487 g/mol. The highest BCUT2D eigenvalue weighted by Gasteiger charge is 2.27. The lowest BCUT2D eigenvalue weighted by Crippen LogP contribution is -2.36. The summed E-state index contributed by atoms with van der Waals surface area (Å²) in [5, 5.41) is 13.4. The maximum atomic E-state index is 9.96. The van der Waals surface area contributed by atoms with Crippen LogP contribution in [-0.4, -0.2) is 41.5 Å². The predicted molar refractivity (Wildman–Crippen MR) is 125 cm³/mol. The zero-order valence-corrected chi connectivity index (χ0v) is 18.3. The minimum atomic E-state index is -0.265. The number of nitrogens with one attached hydrogen (secondary N) is 1. The molecule has 28 heavy (non-hydrogen) atoms. The molecule has 0 radical (unpaired) electrons. The minimum Gasteiger partial charge on any atom is -0.392 e. The van der Waals surface area contributed by atoms with Crippen molar-refractivity contribution in [1.82, 2.24) is 4.90 Å². The number of fused-ring (bicyclic) bond motifs is 1. The Labute approximate surface area is 180 Å². The van der Waals surface area contributed by atoms with Crippen molar-refractivity contribution in [3.63, 3.8) is 0 Å². The minimum absolute atomic E-state index is 0.265. The second-order valence-corrected chi connectivity index (χ2v) is 8.88. The van der Waals surface area contributed by atoms with Crippen LogP contribution in [-0.2, 0) is 6.54 Å². The molecule has 0 aromatic heterocycles. The van der Waals surface area contributed by atoms with E-state index in [0.717, 1.165) is 25.2 Å². The van der Waals surface area contributed by atoms with Crippen molar-refractivity contribution in [3.8, 4) is 0 Å². The predicted octanol–water partition coefficient (Wildman–Crippen LogP) is 4.52. The summed E-state index contributed by atoms with van der Waals surface area (Å²) in [6.45, 7) is 4.57. The number of rotatable bonds is 5. The summed E-state index contributed by atoms with van der Waals surface area (Å²) in [6.07, 6.45) is 6.03. The summed E-state index contributed by atoms with van der Waals surface area (Å²) in [5.74, 6) is 0. The molecule has 0 spiro atoms. The molecule has 0 aliphatic carbocycles. The summed E-state index contributed by atoms with van der Waals surface area (Å²) < 4.78 is 1.24. The number of aliphatic hydroxyl groups is 1. The third-order valence-corrected chi connectivity index (χ3v) is 6.25. The molecular weight excluding hydrogens is 461 g/mol. The Kier molecular flexibility index (Phi) is 6.13. The van der Waals surface area contributed by atoms with Crippen molar-refractivity contribution in [1.29, 1.82) is 0 Å². The first-order chi connectivity index (χ1) is 13.6. The smallest absolute Gasteiger partial charge is 0.0667 e. The summed E-state index contributed by atoms with van der Waals surface area (Å²) >= 11 is 2.35. The SMILES string of the molecule is CC(O)C1CCCN1Cc1ccc(NC=C2CN=Cc3ccc(I)cc32)cc1. The molecule has 2 unspecified atom stereocenters. The normalized spacial score (nSPS) is 21.7. The Morgan fingerprint density at radius 1 is 1.29 bits per heavy atom. The van der Waals surface area contributed by atoms with Crippen LogP contribution in [0.15, 0.2) is 53.7 Å². The summed E-state index contributed by atoms with van der Waals surface area (Å²) in [6, 6.07) is 15.3. The maximum absolute atomic E-state index is 9.96. The van der Waals surface area contributed by atoms with Crippen molar-refractivity contribution >= 4 is 40.1 Å². The molecule has 2 aliphatic heterocycles. The van der Waals surface area contributed by atoms with Crippen LogP contribution in [0.4, 0.5) is 5.69 Å². The summed E-state index contributed by atoms with van der Waals surface area (Å²) in [4.78, 5) is 6.87. The molecule has 2 N–H and O–H groups in total. The summed E-state index contributed by atoms with van der Waals surface area (Å²) in [5.41, 5.74) is 5.99. The van der Waals surface area contributed by atoms with Gasteiger partial charge in [0.1, 0.15) is 0 Å². The van der Waals surface area contributed by atoms with E-state index in [1.165, 1.54) is 32.3 Å². The molecule has 2 heterocycles. The number of hydrogen-bond acceptors (Lipinski definition) is 4. The Bertz CT molecular complexity index is 889. The molecule has 5 heteroatoms. The Morgan fingerprint density at radius 2 is 2.11 bits per heavy atom. The van der Waals surface area contributed by atoms with Gasteiger partial charge < -0.3 is 10.4 Å². The molecule has 1 fully saturated rings. The molecule has 2 atom stereocenters. The number of likely N-dealkylation sites (tertiary alicyclic amines) is 1. The molecule has 0 saturated carbocycles. The Morgan fingerprint density at radius 3 is 2.89 bits per heavy atom.